The summed E-state index contributed by atoms with van der Waals surface area (Å²) < 4.78 is 30.3. The fourth-order valence-corrected chi connectivity index (χ4v) is 2.97. The Morgan fingerprint density at radius 2 is 1.73 bits per heavy atom. The molecule has 0 heterocycles. The van der Waals surface area contributed by atoms with Crippen LogP contribution in [-0.2, 0) is 17.6 Å². The molecule has 0 fully saturated rings. The lowest BCUT2D eigenvalue weighted by Crippen LogP contribution is -2.27. The second-order valence-electron chi connectivity index (χ2n) is 5.55. The van der Waals surface area contributed by atoms with Crippen LogP contribution in [0.25, 0.3) is 0 Å². The van der Waals surface area contributed by atoms with Gasteiger partial charge in [0.1, 0.15) is 5.82 Å². The summed E-state index contributed by atoms with van der Waals surface area (Å²) in [4.78, 5) is 12.2. The molecular weight excluding hydrogens is 405 g/mol. The van der Waals surface area contributed by atoms with Crippen molar-refractivity contribution in [3.63, 3.8) is 0 Å². The Labute approximate surface area is 160 Å². The van der Waals surface area contributed by atoms with Gasteiger partial charge in [-0.15, -0.1) is 0 Å². The van der Waals surface area contributed by atoms with Crippen LogP contribution in [0, 0.1) is 5.82 Å². The van der Waals surface area contributed by atoms with Crippen molar-refractivity contribution in [1.82, 2.24) is 5.32 Å². The van der Waals surface area contributed by atoms with E-state index in [0.717, 1.165) is 10.0 Å². The molecule has 1 N–H and O–H groups in total. The van der Waals surface area contributed by atoms with Crippen molar-refractivity contribution in [3.05, 3.63) is 51.7 Å². The number of methoxy groups -OCH3 is 3. The van der Waals surface area contributed by atoms with E-state index in [1.54, 1.807) is 24.3 Å². The van der Waals surface area contributed by atoms with Gasteiger partial charge in [0.25, 0.3) is 0 Å². The SMILES string of the molecule is COc1cc(CC(=O)NCCc2cc(Br)ccc2F)cc(OC)c1OC. The number of carbonyl (C=O) groups is 1. The van der Waals surface area contributed by atoms with Crippen molar-refractivity contribution in [1.29, 1.82) is 0 Å². The summed E-state index contributed by atoms with van der Waals surface area (Å²) >= 11 is 3.31. The number of benzene rings is 2. The molecule has 2 aromatic rings. The Morgan fingerprint density at radius 1 is 1.08 bits per heavy atom. The summed E-state index contributed by atoms with van der Waals surface area (Å²) in [6.45, 7) is 0.344. The van der Waals surface area contributed by atoms with E-state index in [-0.39, 0.29) is 18.1 Å². The average Bonchev–Trinajstić information content (AvgIpc) is 2.63. The third kappa shape index (κ3) is 5.11. The molecule has 0 radical (unpaired) electrons. The number of amides is 1. The minimum Gasteiger partial charge on any atom is -0.493 e. The molecule has 2 aromatic carbocycles. The lowest BCUT2D eigenvalue weighted by Gasteiger charge is -2.14. The average molecular weight is 426 g/mol. The zero-order valence-electron chi connectivity index (χ0n) is 14.9. The molecule has 0 saturated heterocycles. The lowest BCUT2D eigenvalue weighted by atomic mass is 10.1. The number of hydrogen-bond acceptors (Lipinski definition) is 4. The third-order valence-electron chi connectivity index (χ3n) is 3.81. The summed E-state index contributed by atoms with van der Waals surface area (Å²) in [6, 6.07) is 8.21. The van der Waals surface area contributed by atoms with Gasteiger partial charge >= 0.3 is 0 Å². The van der Waals surface area contributed by atoms with Crippen LogP contribution in [-0.4, -0.2) is 33.8 Å². The highest BCUT2D eigenvalue weighted by atomic mass is 79.9. The first-order chi connectivity index (χ1) is 12.5. The van der Waals surface area contributed by atoms with Gasteiger partial charge in [0.2, 0.25) is 11.7 Å². The van der Waals surface area contributed by atoms with Gasteiger partial charge in [0, 0.05) is 11.0 Å². The fraction of sp³-hybridized carbons (Fsp3) is 0.316. The summed E-state index contributed by atoms with van der Waals surface area (Å²) in [6.07, 6.45) is 0.559. The number of carbonyl (C=O) groups excluding carboxylic acids is 1. The van der Waals surface area contributed by atoms with Crippen molar-refractivity contribution in [2.45, 2.75) is 12.8 Å². The van der Waals surface area contributed by atoms with E-state index in [1.807, 2.05) is 0 Å². The van der Waals surface area contributed by atoms with E-state index in [2.05, 4.69) is 21.2 Å². The topological polar surface area (TPSA) is 56.8 Å². The molecule has 0 bridgehead atoms. The standard InChI is InChI=1S/C19H21BrFNO4/c1-24-16-8-12(9-17(25-2)19(16)26-3)10-18(23)22-7-6-13-11-14(20)4-5-15(13)21/h4-5,8-9,11H,6-7,10H2,1-3H3,(H,22,23). The van der Waals surface area contributed by atoms with Crippen molar-refractivity contribution >= 4 is 21.8 Å². The monoisotopic (exact) mass is 425 g/mol. The molecule has 0 unspecified atom stereocenters. The Kier molecular flexibility index (Phi) is 7.26. The molecule has 0 spiro atoms. The molecule has 0 atom stereocenters. The van der Waals surface area contributed by atoms with E-state index in [9.17, 15) is 9.18 Å². The van der Waals surface area contributed by atoms with Gasteiger partial charge in [0.05, 0.1) is 27.8 Å². The number of hydrogen-bond donors (Lipinski definition) is 1. The molecule has 0 aliphatic rings. The second-order valence-corrected chi connectivity index (χ2v) is 6.46. The number of nitrogens with one attached hydrogen (secondary N) is 1. The van der Waals surface area contributed by atoms with E-state index >= 15 is 0 Å². The summed E-state index contributed by atoms with van der Waals surface area (Å²) in [7, 11) is 4.56. The van der Waals surface area contributed by atoms with E-state index in [0.29, 0.717) is 35.8 Å². The van der Waals surface area contributed by atoms with Crippen molar-refractivity contribution < 1.29 is 23.4 Å². The smallest absolute Gasteiger partial charge is 0.224 e. The van der Waals surface area contributed by atoms with E-state index in [4.69, 9.17) is 14.2 Å². The minimum atomic E-state index is -0.285. The molecule has 5 nitrogen and oxygen atoms in total. The Balaban J connectivity index is 1.98. The first-order valence-electron chi connectivity index (χ1n) is 7.98. The molecular formula is C19H21BrFNO4. The van der Waals surface area contributed by atoms with Crippen LogP contribution >= 0.6 is 15.9 Å². The normalized spacial score (nSPS) is 10.3. The fourth-order valence-electron chi connectivity index (χ4n) is 2.56. The quantitative estimate of drug-likeness (QED) is 0.702. The highest BCUT2D eigenvalue weighted by Gasteiger charge is 2.15. The van der Waals surface area contributed by atoms with Gasteiger partial charge in [-0.1, -0.05) is 15.9 Å². The molecule has 140 valence electrons. The summed E-state index contributed by atoms with van der Waals surface area (Å²) in [5.74, 6) is 1.00. The van der Waals surface area contributed by atoms with E-state index < -0.39 is 0 Å². The lowest BCUT2D eigenvalue weighted by molar-refractivity contribution is -0.120. The Bertz CT molecular complexity index is 757. The maximum atomic E-state index is 13.7. The van der Waals surface area contributed by atoms with Crippen molar-refractivity contribution in [3.8, 4) is 17.2 Å². The predicted octanol–water partition coefficient (Wildman–Crippen LogP) is 3.52. The van der Waals surface area contributed by atoms with Gasteiger partial charge in [0.15, 0.2) is 11.5 Å². The van der Waals surface area contributed by atoms with Gasteiger partial charge < -0.3 is 19.5 Å². The maximum absolute atomic E-state index is 13.7. The zero-order valence-corrected chi connectivity index (χ0v) is 16.5. The molecule has 1 amide bonds. The largest absolute Gasteiger partial charge is 0.493 e. The summed E-state index contributed by atoms with van der Waals surface area (Å²) in [5, 5.41) is 2.80. The number of halogens is 2. The first-order valence-corrected chi connectivity index (χ1v) is 8.77. The van der Waals surface area contributed by atoms with Gasteiger partial charge in [-0.25, -0.2) is 4.39 Å². The number of rotatable bonds is 8. The van der Waals surface area contributed by atoms with Crippen LogP contribution < -0.4 is 19.5 Å². The van der Waals surface area contributed by atoms with Crippen LogP contribution in [0.4, 0.5) is 4.39 Å². The van der Waals surface area contributed by atoms with Crippen LogP contribution in [0.3, 0.4) is 0 Å². The van der Waals surface area contributed by atoms with Gasteiger partial charge in [-0.3, -0.25) is 4.79 Å². The van der Waals surface area contributed by atoms with Gasteiger partial charge in [-0.2, -0.15) is 0 Å². The second kappa shape index (κ2) is 9.43. The molecule has 2 rings (SSSR count). The van der Waals surface area contributed by atoms with Crippen LogP contribution in [0.2, 0.25) is 0 Å². The Hall–Kier alpha value is -2.28. The first kappa shape index (κ1) is 20.0. The molecule has 0 aliphatic carbocycles. The molecule has 26 heavy (non-hydrogen) atoms. The van der Waals surface area contributed by atoms with Gasteiger partial charge in [-0.05, 0) is 47.9 Å². The van der Waals surface area contributed by atoms with Crippen molar-refractivity contribution in [2.24, 2.45) is 0 Å². The van der Waals surface area contributed by atoms with Crippen LogP contribution in [0.5, 0.6) is 17.2 Å². The molecule has 0 saturated carbocycles. The zero-order chi connectivity index (χ0) is 19.1. The van der Waals surface area contributed by atoms with Crippen molar-refractivity contribution in [2.75, 3.05) is 27.9 Å². The highest BCUT2D eigenvalue weighted by Crippen LogP contribution is 2.38. The Morgan fingerprint density at radius 3 is 2.31 bits per heavy atom. The van der Waals surface area contributed by atoms with Crippen LogP contribution in [0.15, 0.2) is 34.8 Å². The molecule has 7 heteroatoms. The maximum Gasteiger partial charge on any atom is 0.224 e. The third-order valence-corrected chi connectivity index (χ3v) is 4.31. The van der Waals surface area contributed by atoms with E-state index in [1.165, 1.54) is 27.4 Å². The van der Waals surface area contributed by atoms with Crippen LogP contribution in [0.1, 0.15) is 11.1 Å². The predicted molar refractivity (Wildman–Crippen MR) is 101 cm³/mol. The number of ether oxygens (including phenoxy) is 3. The minimum absolute atomic E-state index is 0.150. The summed E-state index contributed by atoms with van der Waals surface area (Å²) in [5.41, 5.74) is 1.28. The molecule has 0 aromatic heterocycles. The highest BCUT2D eigenvalue weighted by molar-refractivity contribution is 9.10. The molecule has 0 aliphatic heterocycles.